The average molecular weight is 431 g/mol. The van der Waals surface area contributed by atoms with Gasteiger partial charge in [0.2, 0.25) is 10.0 Å². The minimum atomic E-state index is -4.03. The van der Waals surface area contributed by atoms with Gasteiger partial charge in [-0.25, -0.2) is 22.5 Å². The molecule has 3 aromatic rings. The third kappa shape index (κ3) is 4.55. The first kappa shape index (κ1) is 21.6. The Bertz CT molecular complexity index is 1130. The van der Waals surface area contributed by atoms with E-state index in [1.165, 1.54) is 6.07 Å². The van der Waals surface area contributed by atoms with Gasteiger partial charge in [0.1, 0.15) is 10.7 Å². The number of nitrogens with one attached hydrogen (secondary N) is 1. The van der Waals surface area contributed by atoms with Gasteiger partial charge in [-0.3, -0.25) is 4.79 Å². The van der Waals surface area contributed by atoms with E-state index >= 15 is 0 Å². The summed E-state index contributed by atoms with van der Waals surface area (Å²) in [5, 5.41) is 6.83. The van der Waals surface area contributed by atoms with Crippen molar-refractivity contribution in [1.29, 1.82) is 0 Å². The molecular weight excluding hydrogens is 409 g/mol. The molecule has 0 aliphatic carbocycles. The van der Waals surface area contributed by atoms with E-state index in [9.17, 15) is 17.6 Å². The van der Waals surface area contributed by atoms with Crippen molar-refractivity contribution >= 4 is 15.9 Å². The summed E-state index contributed by atoms with van der Waals surface area (Å²) in [6.45, 7) is 3.93. The first-order chi connectivity index (χ1) is 14.4. The van der Waals surface area contributed by atoms with Crippen molar-refractivity contribution < 1.29 is 17.6 Å². The molecule has 30 heavy (non-hydrogen) atoms. The van der Waals surface area contributed by atoms with Gasteiger partial charge in [0.05, 0.1) is 0 Å². The number of carbonyl (C=O) groups is 1. The van der Waals surface area contributed by atoms with Gasteiger partial charge in [0.25, 0.3) is 5.91 Å². The van der Waals surface area contributed by atoms with Gasteiger partial charge >= 0.3 is 0 Å². The number of benzene rings is 1. The van der Waals surface area contributed by atoms with Gasteiger partial charge < -0.3 is 5.32 Å². The second-order valence-electron chi connectivity index (χ2n) is 6.39. The maximum Gasteiger partial charge on any atom is 0.251 e. The van der Waals surface area contributed by atoms with E-state index < -0.39 is 26.6 Å². The Hall–Kier alpha value is -3.11. The number of hydrogen-bond acceptors (Lipinski definition) is 5. The lowest BCUT2D eigenvalue weighted by atomic mass is 10.2. The number of carbonyl (C=O) groups excluding carboxylic acids is 1. The Morgan fingerprint density at radius 1 is 1.17 bits per heavy atom. The summed E-state index contributed by atoms with van der Waals surface area (Å²) < 4.78 is 42.3. The summed E-state index contributed by atoms with van der Waals surface area (Å²) >= 11 is 0. The van der Waals surface area contributed by atoms with Gasteiger partial charge in [0, 0.05) is 43.8 Å². The van der Waals surface area contributed by atoms with Crippen molar-refractivity contribution in [3.05, 3.63) is 71.9 Å². The predicted octanol–water partition coefficient (Wildman–Crippen LogP) is 2.37. The van der Waals surface area contributed by atoms with Crippen molar-refractivity contribution in [3.63, 3.8) is 0 Å². The number of amides is 1. The fourth-order valence-electron chi connectivity index (χ4n) is 2.93. The lowest BCUT2D eigenvalue weighted by Crippen LogP contribution is -2.31. The molecule has 1 aromatic carbocycles. The van der Waals surface area contributed by atoms with E-state index in [-0.39, 0.29) is 25.2 Å². The molecule has 10 heteroatoms. The van der Waals surface area contributed by atoms with Crippen molar-refractivity contribution in [3.8, 4) is 5.82 Å². The maximum atomic E-state index is 14.2. The molecule has 0 aliphatic heterocycles. The van der Waals surface area contributed by atoms with E-state index in [0.717, 1.165) is 22.0 Å². The van der Waals surface area contributed by atoms with Crippen LogP contribution in [0.5, 0.6) is 0 Å². The Labute approximate surface area is 174 Å². The SMILES string of the molecule is CCN(CC)S(=O)(=O)c1cc(C(=O)NCc2ccnc(-n3cccn3)c2)ccc1F. The minimum Gasteiger partial charge on any atom is -0.348 e. The molecule has 3 rings (SSSR count). The number of pyridine rings is 1. The highest BCUT2D eigenvalue weighted by atomic mass is 32.2. The summed E-state index contributed by atoms with van der Waals surface area (Å²) in [7, 11) is -4.03. The largest absolute Gasteiger partial charge is 0.348 e. The van der Waals surface area contributed by atoms with Crippen molar-refractivity contribution in [2.24, 2.45) is 0 Å². The number of rotatable bonds is 8. The molecule has 1 amide bonds. The highest BCUT2D eigenvalue weighted by molar-refractivity contribution is 7.89. The van der Waals surface area contributed by atoms with E-state index in [2.05, 4.69) is 15.4 Å². The maximum absolute atomic E-state index is 14.2. The molecule has 0 fully saturated rings. The first-order valence-corrected chi connectivity index (χ1v) is 10.8. The van der Waals surface area contributed by atoms with Gasteiger partial charge in [-0.15, -0.1) is 0 Å². The Kier molecular flexibility index (Phi) is 6.58. The van der Waals surface area contributed by atoms with Crippen molar-refractivity contribution in [2.45, 2.75) is 25.3 Å². The fourth-order valence-corrected chi connectivity index (χ4v) is 4.48. The zero-order valence-electron chi connectivity index (χ0n) is 16.6. The second kappa shape index (κ2) is 9.14. The Morgan fingerprint density at radius 2 is 1.93 bits per heavy atom. The Balaban J connectivity index is 1.78. The van der Waals surface area contributed by atoms with E-state index in [0.29, 0.717) is 5.82 Å². The molecule has 0 aliphatic rings. The molecule has 0 saturated heterocycles. The third-order valence-corrected chi connectivity index (χ3v) is 6.58. The molecule has 0 spiro atoms. The van der Waals surface area contributed by atoms with Crippen molar-refractivity contribution in [1.82, 2.24) is 24.4 Å². The molecule has 0 unspecified atom stereocenters. The smallest absolute Gasteiger partial charge is 0.251 e. The number of halogens is 1. The average Bonchev–Trinajstić information content (AvgIpc) is 3.28. The normalized spacial score (nSPS) is 11.6. The molecular formula is C20H22FN5O3S. The Morgan fingerprint density at radius 3 is 2.60 bits per heavy atom. The van der Waals surface area contributed by atoms with Crippen LogP contribution in [0.4, 0.5) is 4.39 Å². The molecule has 2 heterocycles. The second-order valence-corrected chi connectivity index (χ2v) is 8.30. The van der Waals surface area contributed by atoms with Crippen LogP contribution in [-0.4, -0.2) is 46.5 Å². The monoisotopic (exact) mass is 431 g/mol. The van der Waals surface area contributed by atoms with E-state index in [1.807, 2.05) is 0 Å². The van der Waals surface area contributed by atoms with E-state index in [4.69, 9.17) is 0 Å². The summed E-state index contributed by atoms with van der Waals surface area (Å²) in [6.07, 6.45) is 4.99. The lowest BCUT2D eigenvalue weighted by Gasteiger charge is -2.19. The summed E-state index contributed by atoms with van der Waals surface area (Å²) in [5.41, 5.74) is 0.838. The fraction of sp³-hybridized carbons (Fsp3) is 0.250. The topological polar surface area (TPSA) is 97.2 Å². The van der Waals surface area contributed by atoms with Crippen LogP contribution in [0.2, 0.25) is 0 Å². The van der Waals surface area contributed by atoms with Gasteiger partial charge in [-0.05, 0) is 42.0 Å². The lowest BCUT2D eigenvalue weighted by molar-refractivity contribution is 0.0950. The number of aromatic nitrogens is 3. The molecule has 0 atom stereocenters. The number of hydrogen-bond donors (Lipinski definition) is 1. The molecule has 0 bridgehead atoms. The first-order valence-electron chi connectivity index (χ1n) is 9.39. The van der Waals surface area contributed by atoms with Crippen LogP contribution >= 0.6 is 0 Å². The minimum absolute atomic E-state index is 0.0588. The zero-order valence-corrected chi connectivity index (χ0v) is 17.4. The van der Waals surface area contributed by atoms with Crippen LogP contribution in [-0.2, 0) is 16.6 Å². The van der Waals surface area contributed by atoms with Gasteiger partial charge in [0.15, 0.2) is 5.82 Å². The third-order valence-electron chi connectivity index (χ3n) is 4.52. The van der Waals surface area contributed by atoms with Crippen molar-refractivity contribution in [2.75, 3.05) is 13.1 Å². The van der Waals surface area contributed by atoms with Crippen LogP contribution in [0.1, 0.15) is 29.8 Å². The highest BCUT2D eigenvalue weighted by Crippen LogP contribution is 2.21. The van der Waals surface area contributed by atoms with Crippen LogP contribution in [0.15, 0.2) is 59.9 Å². The number of sulfonamides is 1. The number of nitrogens with zero attached hydrogens (tertiary/aromatic N) is 4. The summed E-state index contributed by atoms with van der Waals surface area (Å²) in [5.74, 6) is -0.805. The van der Waals surface area contributed by atoms with Gasteiger partial charge in [-0.2, -0.15) is 9.40 Å². The van der Waals surface area contributed by atoms with Crippen LogP contribution in [0.25, 0.3) is 5.82 Å². The summed E-state index contributed by atoms with van der Waals surface area (Å²) in [4.78, 5) is 16.3. The quantitative estimate of drug-likeness (QED) is 0.591. The molecule has 8 nitrogen and oxygen atoms in total. The molecule has 1 N–H and O–H groups in total. The van der Waals surface area contributed by atoms with Crippen LogP contribution in [0.3, 0.4) is 0 Å². The standard InChI is InChI=1S/C20H22FN5O3S/c1-3-25(4-2)30(28,29)18-13-16(6-7-17(18)21)20(27)23-14-15-8-10-22-19(12-15)26-11-5-9-24-26/h5-13H,3-4,14H2,1-2H3,(H,23,27). The van der Waals surface area contributed by atoms with Gasteiger partial charge in [-0.1, -0.05) is 13.8 Å². The highest BCUT2D eigenvalue weighted by Gasteiger charge is 2.26. The van der Waals surface area contributed by atoms with Crippen LogP contribution < -0.4 is 5.32 Å². The molecule has 2 aromatic heterocycles. The van der Waals surface area contributed by atoms with Crippen LogP contribution in [0, 0.1) is 5.82 Å². The molecule has 158 valence electrons. The molecule has 0 saturated carbocycles. The zero-order chi connectivity index (χ0) is 21.7. The predicted molar refractivity (Wildman–Crippen MR) is 109 cm³/mol. The molecule has 0 radical (unpaired) electrons. The summed E-state index contributed by atoms with van der Waals surface area (Å²) in [6, 6.07) is 8.61. The van der Waals surface area contributed by atoms with E-state index in [1.54, 1.807) is 55.3 Å².